The molecule has 2 nitrogen and oxygen atoms in total. The minimum absolute atomic E-state index is 0.144. The Morgan fingerprint density at radius 1 is 1.07 bits per heavy atom. The van der Waals surface area contributed by atoms with Gasteiger partial charge in [0.2, 0.25) is 0 Å². The van der Waals surface area contributed by atoms with Crippen LogP contribution in [-0.4, -0.2) is 5.97 Å². The molecule has 0 amide bonds. The number of ether oxygens (including phenoxy) is 1. The van der Waals surface area contributed by atoms with Gasteiger partial charge in [-0.1, -0.05) is 61.1 Å². The molecular weight excluding hydrogens is 258 g/mol. The maximum atomic E-state index is 11.7. The Hall–Kier alpha value is -0.700. The van der Waals surface area contributed by atoms with Gasteiger partial charge in [0.25, 0.3) is 0 Å². The lowest BCUT2D eigenvalue weighted by molar-refractivity contribution is -0.143. The highest BCUT2D eigenvalue weighted by Crippen LogP contribution is 2.47. The Labute approximate surface area is 103 Å². The van der Waals surface area contributed by atoms with Crippen molar-refractivity contribution in [3.05, 3.63) is 47.7 Å². The van der Waals surface area contributed by atoms with E-state index in [0.29, 0.717) is 0 Å². The molecule has 0 saturated heterocycles. The van der Waals surface area contributed by atoms with Crippen molar-refractivity contribution in [2.24, 2.45) is 5.41 Å². The summed E-state index contributed by atoms with van der Waals surface area (Å²) in [6.07, 6.45) is 0.927. The Morgan fingerprint density at radius 2 is 1.40 bits per heavy atom. The number of esters is 1. The Bertz CT molecular complexity index is 309. The summed E-state index contributed by atoms with van der Waals surface area (Å²) in [5.41, 5.74) is -1.71. The van der Waals surface area contributed by atoms with Gasteiger partial charge >= 0.3 is 5.97 Å². The van der Waals surface area contributed by atoms with Gasteiger partial charge in [-0.05, 0) is 0 Å². The average molecular weight is 268 g/mol. The first-order valence-corrected chi connectivity index (χ1v) is 4.81. The van der Waals surface area contributed by atoms with Crippen LogP contribution in [0.25, 0.3) is 0 Å². The number of hydrogen-bond acceptors (Lipinski definition) is 2. The van der Waals surface area contributed by atoms with E-state index in [2.05, 4.69) is 31.1 Å². The Kier molecular flexibility index (Phi) is 5.15. The fourth-order valence-corrected chi connectivity index (χ4v) is 2.00. The molecule has 5 heteroatoms. The molecule has 0 aromatic rings. The second-order valence-electron chi connectivity index (χ2n) is 2.54. The van der Waals surface area contributed by atoms with Crippen LogP contribution in [-0.2, 0) is 9.53 Å². The third-order valence-corrected chi connectivity index (χ3v) is 2.57. The zero-order chi connectivity index (χ0) is 12.2. The maximum Gasteiger partial charge on any atom is 0.333 e. The summed E-state index contributed by atoms with van der Waals surface area (Å²) in [6.45, 7) is 13.5. The Morgan fingerprint density at radius 3 is 1.60 bits per heavy atom. The van der Waals surface area contributed by atoms with Gasteiger partial charge in [0.15, 0.2) is 5.41 Å². The normalized spacial score (nSPS) is 10.3. The fraction of sp³-hybridized carbons (Fsp3) is 0.100. The fourth-order valence-electron chi connectivity index (χ4n) is 0.938. The molecule has 0 aromatic carbocycles. The minimum Gasteiger partial charge on any atom is -0.434 e. The van der Waals surface area contributed by atoms with Gasteiger partial charge in [-0.2, -0.15) is 0 Å². The summed E-state index contributed by atoms with van der Waals surface area (Å²) in [7, 11) is 0. The lowest BCUT2D eigenvalue weighted by atomic mass is 9.87. The zero-order valence-electron chi connectivity index (χ0n) is 7.86. The third kappa shape index (κ3) is 2.46. The van der Waals surface area contributed by atoms with Crippen LogP contribution in [0.15, 0.2) is 47.7 Å². The molecule has 82 valence electrons. The third-order valence-electron chi connectivity index (χ3n) is 1.72. The zero-order valence-corrected chi connectivity index (χ0v) is 10.1. The standard InChI is InChI=1S/C10H9Cl3O2/c1-5-15-9(14)10(6(2)11,7(3)12)8(4)13/h5H,1-4H2. The summed E-state index contributed by atoms with van der Waals surface area (Å²) >= 11 is 17.1. The largest absolute Gasteiger partial charge is 0.434 e. The average Bonchev–Trinajstić information content (AvgIpc) is 2.02. The maximum absolute atomic E-state index is 11.7. The summed E-state index contributed by atoms with van der Waals surface area (Å²) in [5.74, 6) is -0.850. The van der Waals surface area contributed by atoms with Gasteiger partial charge in [0.1, 0.15) is 0 Å². The first-order valence-electron chi connectivity index (χ1n) is 3.68. The van der Waals surface area contributed by atoms with Gasteiger partial charge in [-0.25, -0.2) is 4.79 Å². The van der Waals surface area contributed by atoms with Crippen LogP contribution < -0.4 is 0 Å². The number of hydrogen-bond donors (Lipinski definition) is 0. The highest BCUT2D eigenvalue weighted by molar-refractivity contribution is 6.43. The summed E-state index contributed by atoms with van der Waals surface area (Å²) < 4.78 is 4.58. The van der Waals surface area contributed by atoms with E-state index in [-0.39, 0.29) is 15.1 Å². The van der Waals surface area contributed by atoms with Crippen molar-refractivity contribution in [3.8, 4) is 0 Å². The molecule has 0 aromatic heterocycles. The van der Waals surface area contributed by atoms with Crippen LogP contribution >= 0.6 is 34.8 Å². The van der Waals surface area contributed by atoms with Crippen molar-refractivity contribution in [3.63, 3.8) is 0 Å². The van der Waals surface area contributed by atoms with Crippen LogP contribution in [0.3, 0.4) is 0 Å². The predicted molar refractivity (Wildman–Crippen MR) is 63.7 cm³/mol. The van der Waals surface area contributed by atoms with Crippen molar-refractivity contribution >= 4 is 40.8 Å². The van der Waals surface area contributed by atoms with E-state index in [1.54, 1.807) is 0 Å². The van der Waals surface area contributed by atoms with Crippen molar-refractivity contribution in [2.45, 2.75) is 0 Å². The molecule has 0 rings (SSSR count). The first kappa shape index (κ1) is 14.3. The molecule has 0 bridgehead atoms. The summed E-state index contributed by atoms with van der Waals surface area (Å²) in [4.78, 5) is 11.7. The van der Waals surface area contributed by atoms with Crippen LogP contribution in [0.5, 0.6) is 0 Å². The summed E-state index contributed by atoms with van der Waals surface area (Å²) in [5, 5.41) is -0.432. The Balaban J connectivity index is 5.63. The second kappa shape index (κ2) is 5.40. The van der Waals surface area contributed by atoms with E-state index in [1.165, 1.54) is 0 Å². The van der Waals surface area contributed by atoms with Crippen molar-refractivity contribution in [2.75, 3.05) is 0 Å². The molecular formula is C10H9Cl3O2. The van der Waals surface area contributed by atoms with Gasteiger partial charge in [-0.15, -0.1) is 0 Å². The van der Waals surface area contributed by atoms with Crippen LogP contribution in [0.2, 0.25) is 0 Å². The molecule has 0 aliphatic heterocycles. The monoisotopic (exact) mass is 266 g/mol. The van der Waals surface area contributed by atoms with E-state index >= 15 is 0 Å². The number of halogens is 3. The van der Waals surface area contributed by atoms with E-state index in [9.17, 15) is 4.79 Å². The van der Waals surface area contributed by atoms with Crippen LogP contribution in [0, 0.1) is 5.41 Å². The van der Waals surface area contributed by atoms with Crippen molar-refractivity contribution < 1.29 is 9.53 Å². The van der Waals surface area contributed by atoms with E-state index < -0.39 is 11.4 Å². The van der Waals surface area contributed by atoms with Crippen LogP contribution in [0.4, 0.5) is 0 Å². The highest BCUT2D eigenvalue weighted by Gasteiger charge is 2.47. The van der Waals surface area contributed by atoms with E-state index in [1.807, 2.05) is 0 Å². The van der Waals surface area contributed by atoms with Gasteiger partial charge in [0, 0.05) is 15.1 Å². The minimum atomic E-state index is -1.71. The molecule has 15 heavy (non-hydrogen) atoms. The molecule has 0 aliphatic rings. The lowest BCUT2D eigenvalue weighted by Gasteiger charge is -2.28. The molecule has 0 N–H and O–H groups in total. The molecule has 0 aliphatic carbocycles. The van der Waals surface area contributed by atoms with Crippen LogP contribution in [0.1, 0.15) is 0 Å². The number of rotatable bonds is 5. The molecule has 0 unspecified atom stereocenters. The van der Waals surface area contributed by atoms with Crippen molar-refractivity contribution in [1.29, 1.82) is 0 Å². The topological polar surface area (TPSA) is 26.3 Å². The molecule has 0 heterocycles. The highest BCUT2D eigenvalue weighted by atomic mass is 35.5. The van der Waals surface area contributed by atoms with E-state index in [4.69, 9.17) is 34.8 Å². The second-order valence-corrected chi connectivity index (χ2v) is 3.91. The van der Waals surface area contributed by atoms with Gasteiger partial charge < -0.3 is 4.74 Å². The number of carbonyl (C=O) groups excluding carboxylic acids is 1. The number of carbonyl (C=O) groups is 1. The van der Waals surface area contributed by atoms with E-state index in [0.717, 1.165) is 6.26 Å². The first-order chi connectivity index (χ1) is 6.81. The van der Waals surface area contributed by atoms with Gasteiger partial charge in [0.05, 0.1) is 6.26 Å². The molecule has 0 radical (unpaired) electrons. The summed E-state index contributed by atoms with van der Waals surface area (Å²) in [6, 6.07) is 0. The molecule has 0 atom stereocenters. The quantitative estimate of drug-likeness (QED) is 0.557. The smallest absolute Gasteiger partial charge is 0.333 e. The molecule has 0 spiro atoms. The lowest BCUT2D eigenvalue weighted by Crippen LogP contribution is -2.33. The van der Waals surface area contributed by atoms with Crippen molar-refractivity contribution in [1.82, 2.24) is 0 Å². The molecule has 0 fully saturated rings. The van der Waals surface area contributed by atoms with Gasteiger partial charge in [-0.3, -0.25) is 0 Å². The molecule has 0 saturated carbocycles. The predicted octanol–water partition coefficient (Wildman–Crippen LogP) is 3.92. The SMILES string of the molecule is C=COC(=O)C(C(=C)Cl)(C(=C)Cl)C(=C)Cl.